The van der Waals surface area contributed by atoms with Gasteiger partial charge in [0.05, 0.1) is 13.2 Å². The maximum Gasteiger partial charge on any atom is 0.260 e. The van der Waals surface area contributed by atoms with Gasteiger partial charge in [0.2, 0.25) is 6.54 Å². The Kier molecular flexibility index (Phi) is 2.86. The second-order valence-corrected chi connectivity index (χ2v) is 5.04. The van der Waals surface area contributed by atoms with Crippen LogP contribution in [0.15, 0.2) is 0 Å². The summed E-state index contributed by atoms with van der Waals surface area (Å²) in [6.45, 7) is 1.19. The minimum atomic E-state index is -3.05. The maximum absolute atomic E-state index is 13.8. The molecule has 5 nitrogen and oxygen atoms in total. The van der Waals surface area contributed by atoms with Crippen molar-refractivity contribution in [3.05, 3.63) is 10.1 Å². The summed E-state index contributed by atoms with van der Waals surface area (Å²) in [5, 5.41) is 10.6. The lowest BCUT2D eigenvalue weighted by Gasteiger charge is -2.45. The lowest BCUT2D eigenvalue weighted by molar-refractivity contribution is -0.510. The first-order valence-electron chi connectivity index (χ1n) is 5.56. The van der Waals surface area contributed by atoms with Crippen molar-refractivity contribution >= 4 is 0 Å². The Balaban J connectivity index is 2.22. The molecule has 2 fully saturated rings. The third-order valence-electron chi connectivity index (χ3n) is 3.65. The average Bonchev–Trinajstić information content (AvgIpc) is 2.60. The Morgan fingerprint density at radius 3 is 2.41 bits per heavy atom. The van der Waals surface area contributed by atoms with Gasteiger partial charge in [0.15, 0.2) is 5.79 Å². The average molecular weight is 251 g/mol. The van der Waals surface area contributed by atoms with Gasteiger partial charge in [-0.05, 0) is 6.92 Å². The quantitative estimate of drug-likeness (QED) is 0.555. The van der Waals surface area contributed by atoms with Crippen molar-refractivity contribution in [3.8, 4) is 0 Å². The summed E-state index contributed by atoms with van der Waals surface area (Å²) in [6, 6.07) is 0. The molecule has 1 heterocycles. The van der Waals surface area contributed by atoms with Gasteiger partial charge in [0.1, 0.15) is 5.41 Å². The number of alkyl halides is 2. The molecular formula is C10H15F2NO4. The summed E-state index contributed by atoms with van der Waals surface area (Å²) in [5.41, 5.74) is -1.71. The van der Waals surface area contributed by atoms with Crippen LogP contribution in [0.4, 0.5) is 8.78 Å². The van der Waals surface area contributed by atoms with E-state index in [1.54, 1.807) is 0 Å². The minimum absolute atomic E-state index is 0.0906. The SMILES string of the molecule is C[C@@]1(C[N+](=O)[O-])CC2(CCC1(F)F)OCCO2. The zero-order valence-corrected chi connectivity index (χ0v) is 9.58. The number of hydrogen-bond acceptors (Lipinski definition) is 4. The smallest absolute Gasteiger partial charge is 0.260 e. The summed E-state index contributed by atoms with van der Waals surface area (Å²) in [4.78, 5) is 9.86. The predicted octanol–water partition coefficient (Wildman–Crippen LogP) is 1.83. The highest BCUT2D eigenvalue weighted by atomic mass is 19.3. The summed E-state index contributed by atoms with van der Waals surface area (Å²) in [5.74, 6) is -4.09. The molecule has 0 N–H and O–H groups in total. The Morgan fingerprint density at radius 1 is 1.29 bits per heavy atom. The fourth-order valence-corrected chi connectivity index (χ4v) is 2.66. The van der Waals surface area contributed by atoms with E-state index in [0.717, 1.165) is 0 Å². The van der Waals surface area contributed by atoms with Gasteiger partial charge in [-0.15, -0.1) is 0 Å². The van der Waals surface area contributed by atoms with Crippen molar-refractivity contribution < 1.29 is 23.2 Å². The van der Waals surface area contributed by atoms with E-state index in [2.05, 4.69) is 0 Å². The van der Waals surface area contributed by atoms with E-state index >= 15 is 0 Å². The summed E-state index contributed by atoms with van der Waals surface area (Å²) in [6.07, 6.45) is -0.474. The molecule has 0 aromatic heterocycles. The number of halogens is 2. The number of rotatable bonds is 2. The Morgan fingerprint density at radius 2 is 1.88 bits per heavy atom. The molecule has 2 rings (SSSR count). The molecule has 1 aliphatic carbocycles. The Hall–Kier alpha value is -0.820. The van der Waals surface area contributed by atoms with Crippen LogP contribution in [-0.4, -0.2) is 36.4 Å². The molecule has 0 amide bonds. The Bertz CT molecular complexity index is 330. The first-order chi connectivity index (χ1) is 7.79. The van der Waals surface area contributed by atoms with Gasteiger partial charge >= 0.3 is 0 Å². The van der Waals surface area contributed by atoms with Crippen LogP contribution < -0.4 is 0 Å². The highest BCUT2D eigenvalue weighted by Gasteiger charge is 2.62. The second-order valence-electron chi connectivity index (χ2n) is 5.04. The lowest BCUT2D eigenvalue weighted by Crippen LogP contribution is -2.55. The van der Waals surface area contributed by atoms with Crippen molar-refractivity contribution in [2.75, 3.05) is 19.8 Å². The van der Waals surface area contributed by atoms with E-state index in [4.69, 9.17) is 9.47 Å². The zero-order valence-electron chi connectivity index (χ0n) is 9.58. The number of nitrogens with zero attached hydrogens (tertiary/aromatic N) is 1. The van der Waals surface area contributed by atoms with Gasteiger partial charge in [-0.2, -0.15) is 0 Å². The molecule has 0 unspecified atom stereocenters. The van der Waals surface area contributed by atoms with Crippen LogP contribution in [-0.2, 0) is 9.47 Å². The van der Waals surface area contributed by atoms with Crippen LogP contribution in [0.3, 0.4) is 0 Å². The fourth-order valence-electron chi connectivity index (χ4n) is 2.66. The summed E-state index contributed by atoms with van der Waals surface area (Å²) < 4.78 is 38.4. The predicted molar refractivity (Wildman–Crippen MR) is 53.4 cm³/mol. The lowest BCUT2D eigenvalue weighted by atomic mass is 9.69. The first kappa shape index (κ1) is 12.6. The van der Waals surface area contributed by atoms with E-state index in [0.29, 0.717) is 13.2 Å². The first-order valence-corrected chi connectivity index (χ1v) is 5.56. The summed E-state index contributed by atoms with van der Waals surface area (Å²) in [7, 11) is 0. The third-order valence-corrected chi connectivity index (χ3v) is 3.65. The standard InChI is InChI=1S/C10H15F2NO4/c1-8(7-13(14)15)6-9(16-4-5-17-9)2-3-10(8,11)12/h2-7H2,1H3/t8-/m0/s1. The molecule has 0 bridgehead atoms. The van der Waals surface area contributed by atoms with Crippen molar-refractivity contribution in [2.24, 2.45) is 5.41 Å². The van der Waals surface area contributed by atoms with Crippen LogP contribution in [0.1, 0.15) is 26.2 Å². The second kappa shape index (κ2) is 3.84. The molecule has 1 saturated heterocycles. The molecule has 0 aromatic rings. The third kappa shape index (κ3) is 2.13. The highest BCUT2D eigenvalue weighted by molar-refractivity contribution is 4.99. The largest absolute Gasteiger partial charge is 0.348 e. The number of hydrogen-bond donors (Lipinski definition) is 0. The van der Waals surface area contributed by atoms with Crippen molar-refractivity contribution in [1.29, 1.82) is 0 Å². The molecule has 1 aliphatic heterocycles. The number of nitro groups is 1. The van der Waals surface area contributed by atoms with Crippen LogP contribution in [0.2, 0.25) is 0 Å². The van der Waals surface area contributed by atoms with Gasteiger partial charge < -0.3 is 9.47 Å². The van der Waals surface area contributed by atoms with E-state index in [1.165, 1.54) is 6.92 Å². The topological polar surface area (TPSA) is 61.6 Å². The fraction of sp³-hybridized carbons (Fsp3) is 1.00. The van der Waals surface area contributed by atoms with Crippen LogP contribution in [0.25, 0.3) is 0 Å². The van der Waals surface area contributed by atoms with Gasteiger partial charge in [-0.25, -0.2) is 8.78 Å². The van der Waals surface area contributed by atoms with Gasteiger partial charge in [-0.1, -0.05) is 0 Å². The van der Waals surface area contributed by atoms with Crippen LogP contribution in [0, 0.1) is 15.5 Å². The molecule has 1 atom stereocenters. The molecule has 1 saturated carbocycles. The van der Waals surface area contributed by atoms with Crippen LogP contribution >= 0.6 is 0 Å². The van der Waals surface area contributed by atoms with Gasteiger partial charge in [-0.3, -0.25) is 10.1 Å². The van der Waals surface area contributed by atoms with E-state index in [1.807, 2.05) is 0 Å². The van der Waals surface area contributed by atoms with Crippen molar-refractivity contribution in [3.63, 3.8) is 0 Å². The molecule has 0 aromatic carbocycles. The normalized spacial score (nSPS) is 35.0. The Labute approximate surface area is 97.2 Å². The molecular weight excluding hydrogens is 236 g/mol. The minimum Gasteiger partial charge on any atom is -0.348 e. The monoisotopic (exact) mass is 251 g/mol. The molecule has 0 radical (unpaired) electrons. The van der Waals surface area contributed by atoms with E-state index in [-0.39, 0.29) is 12.8 Å². The van der Waals surface area contributed by atoms with Gasteiger partial charge in [0, 0.05) is 24.2 Å². The molecule has 1 spiro atoms. The van der Waals surface area contributed by atoms with Crippen molar-refractivity contribution in [2.45, 2.75) is 37.9 Å². The molecule has 17 heavy (non-hydrogen) atoms. The molecule has 98 valence electrons. The van der Waals surface area contributed by atoms with Gasteiger partial charge in [0.25, 0.3) is 5.92 Å². The number of ether oxygens (including phenoxy) is 2. The van der Waals surface area contributed by atoms with E-state index in [9.17, 15) is 18.9 Å². The van der Waals surface area contributed by atoms with Crippen LogP contribution in [0.5, 0.6) is 0 Å². The van der Waals surface area contributed by atoms with E-state index < -0.39 is 35.0 Å². The maximum atomic E-state index is 13.8. The molecule has 7 heteroatoms. The zero-order chi connectivity index (χ0) is 12.7. The van der Waals surface area contributed by atoms with Crippen molar-refractivity contribution in [1.82, 2.24) is 0 Å². The highest BCUT2D eigenvalue weighted by Crippen LogP contribution is 2.53. The summed E-state index contributed by atoms with van der Waals surface area (Å²) >= 11 is 0. The molecule has 2 aliphatic rings.